The SMILES string of the molecule is C=CC(Cc1ccc(OC)cc1)S(=O)(=O)c1ncc(O)c(=O)[nH]1. The van der Waals surface area contributed by atoms with E-state index in [1.54, 1.807) is 31.4 Å². The number of hydrogen-bond donors (Lipinski definition) is 2. The monoisotopic (exact) mass is 336 g/mol. The molecule has 1 heterocycles. The van der Waals surface area contributed by atoms with Crippen LogP contribution in [0.25, 0.3) is 0 Å². The molecule has 0 amide bonds. The number of H-pyrrole nitrogens is 1. The number of hydrogen-bond acceptors (Lipinski definition) is 6. The zero-order chi connectivity index (χ0) is 17.0. The summed E-state index contributed by atoms with van der Waals surface area (Å²) in [5.41, 5.74) is -0.147. The largest absolute Gasteiger partial charge is 0.502 e. The highest BCUT2D eigenvalue weighted by Crippen LogP contribution is 2.19. The van der Waals surface area contributed by atoms with E-state index in [2.05, 4.69) is 16.5 Å². The van der Waals surface area contributed by atoms with Gasteiger partial charge < -0.3 is 9.84 Å². The third kappa shape index (κ3) is 3.59. The van der Waals surface area contributed by atoms with Gasteiger partial charge in [-0.2, -0.15) is 0 Å². The van der Waals surface area contributed by atoms with Crippen LogP contribution < -0.4 is 10.3 Å². The minimum Gasteiger partial charge on any atom is -0.502 e. The van der Waals surface area contributed by atoms with Gasteiger partial charge in [0.25, 0.3) is 5.56 Å². The second-order valence-electron chi connectivity index (χ2n) is 4.77. The molecule has 0 aliphatic heterocycles. The Morgan fingerprint density at radius 3 is 2.57 bits per heavy atom. The maximum absolute atomic E-state index is 12.5. The Kier molecular flexibility index (Phi) is 4.85. The molecule has 8 heteroatoms. The molecule has 0 radical (unpaired) electrons. The summed E-state index contributed by atoms with van der Waals surface area (Å²) >= 11 is 0. The van der Waals surface area contributed by atoms with Crippen LogP contribution in [0.4, 0.5) is 0 Å². The van der Waals surface area contributed by atoms with Crippen LogP contribution in [0.5, 0.6) is 11.5 Å². The second-order valence-corrected chi connectivity index (χ2v) is 6.86. The van der Waals surface area contributed by atoms with Gasteiger partial charge in [-0.15, -0.1) is 6.58 Å². The van der Waals surface area contributed by atoms with Gasteiger partial charge in [0.15, 0.2) is 5.75 Å². The molecule has 0 spiro atoms. The number of methoxy groups -OCH3 is 1. The van der Waals surface area contributed by atoms with Crippen molar-refractivity contribution in [2.45, 2.75) is 16.8 Å². The van der Waals surface area contributed by atoms with Crippen LogP contribution >= 0.6 is 0 Å². The van der Waals surface area contributed by atoms with E-state index in [4.69, 9.17) is 9.84 Å². The molecule has 7 nitrogen and oxygen atoms in total. The number of aromatic nitrogens is 2. The molecule has 1 unspecified atom stereocenters. The molecule has 2 N–H and O–H groups in total. The number of sulfone groups is 1. The third-order valence-electron chi connectivity index (χ3n) is 3.28. The van der Waals surface area contributed by atoms with Crippen LogP contribution in [0.1, 0.15) is 5.56 Å². The quantitative estimate of drug-likeness (QED) is 0.603. The average molecular weight is 336 g/mol. The fourth-order valence-corrected chi connectivity index (χ4v) is 3.36. The van der Waals surface area contributed by atoms with E-state index in [0.717, 1.165) is 11.8 Å². The second kappa shape index (κ2) is 6.66. The standard InChI is InChI=1S/C15H16N2O5S/c1-3-12(8-10-4-6-11(22-2)7-5-10)23(20,21)15-16-9-13(18)14(19)17-15/h3-7,9,12,18H,1,8H2,2H3,(H,16,17,19). The van der Waals surface area contributed by atoms with E-state index in [-0.39, 0.29) is 6.42 Å². The van der Waals surface area contributed by atoms with E-state index in [9.17, 15) is 13.2 Å². The molecule has 0 saturated carbocycles. The van der Waals surface area contributed by atoms with Crippen molar-refractivity contribution in [1.29, 1.82) is 0 Å². The molecule has 1 aromatic heterocycles. The van der Waals surface area contributed by atoms with Crippen LogP contribution in [0.2, 0.25) is 0 Å². The Morgan fingerprint density at radius 2 is 2.04 bits per heavy atom. The van der Waals surface area contributed by atoms with Crippen LogP contribution in [0.15, 0.2) is 53.1 Å². The number of aromatic hydroxyl groups is 1. The van der Waals surface area contributed by atoms with E-state index >= 15 is 0 Å². The summed E-state index contributed by atoms with van der Waals surface area (Å²) in [7, 11) is -2.39. The number of rotatable bonds is 6. The summed E-state index contributed by atoms with van der Waals surface area (Å²) < 4.78 is 30.1. The Balaban J connectivity index is 2.32. The van der Waals surface area contributed by atoms with Crippen molar-refractivity contribution in [1.82, 2.24) is 9.97 Å². The lowest BCUT2D eigenvalue weighted by atomic mass is 10.1. The van der Waals surface area contributed by atoms with Gasteiger partial charge in [-0.05, 0) is 24.1 Å². The molecule has 122 valence electrons. The first kappa shape index (κ1) is 16.8. The van der Waals surface area contributed by atoms with E-state index < -0.39 is 31.6 Å². The third-order valence-corrected chi connectivity index (χ3v) is 5.19. The highest BCUT2D eigenvalue weighted by atomic mass is 32.2. The predicted octanol–water partition coefficient (Wildman–Crippen LogP) is 1.06. The first-order valence-electron chi connectivity index (χ1n) is 6.66. The molecule has 0 aliphatic carbocycles. The van der Waals surface area contributed by atoms with Gasteiger partial charge in [0.2, 0.25) is 15.0 Å². The van der Waals surface area contributed by atoms with Crippen molar-refractivity contribution in [3.63, 3.8) is 0 Å². The van der Waals surface area contributed by atoms with E-state index in [0.29, 0.717) is 5.75 Å². The molecular weight excluding hydrogens is 320 g/mol. The summed E-state index contributed by atoms with van der Waals surface area (Å²) in [5.74, 6) is 0.0190. The van der Waals surface area contributed by atoms with Gasteiger partial charge in [-0.3, -0.25) is 9.78 Å². The Bertz CT molecular complexity index is 856. The van der Waals surface area contributed by atoms with Gasteiger partial charge in [0, 0.05) is 0 Å². The number of aromatic amines is 1. The smallest absolute Gasteiger partial charge is 0.293 e. The van der Waals surface area contributed by atoms with Crippen molar-refractivity contribution in [3.05, 3.63) is 59.0 Å². The lowest BCUT2D eigenvalue weighted by Gasteiger charge is -2.13. The lowest BCUT2D eigenvalue weighted by molar-refractivity contribution is 0.414. The molecule has 0 fully saturated rings. The fraction of sp³-hybridized carbons (Fsp3) is 0.200. The summed E-state index contributed by atoms with van der Waals surface area (Å²) in [6, 6.07) is 6.95. The van der Waals surface area contributed by atoms with Crippen molar-refractivity contribution >= 4 is 9.84 Å². The molecule has 23 heavy (non-hydrogen) atoms. The first-order chi connectivity index (χ1) is 10.9. The molecule has 0 saturated heterocycles. The maximum atomic E-state index is 12.5. The predicted molar refractivity (Wildman–Crippen MR) is 84.4 cm³/mol. The Hall–Kier alpha value is -2.61. The molecule has 0 aliphatic rings. The number of ether oxygens (including phenoxy) is 1. The lowest BCUT2D eigenvalue weighted by Crippen LogP contribution is -2.25. The average Bonchev–Trinajstić information content (AvgIpc) is 2.55. The van der Waals surface area contributed by atoms with Gasteiger partial charge >= 0.3 is 0 Å². The summed E-state index contributed by atoms with van der Waals surface area (Å²) in [6.45, 7) is 3.55. The highest BCUT2D eigenvalue weighted by Gasteiger charge is 2.28. The minimum absolute atomic E-state index is 0.167. The van der Waals surface area contributed by atoms with Gasteiger partial charge in [-0.1, -0.05) is 18.2 Å². The summed E-state index contributed by atoms with van der Waals surface area (Å²) in [5, 5.41) is 7.69. The Labute approximate surface area is 133 Å². The molecule has 1 atom stereocenters. The van der Waals surface area contributed by atoms with Crippen LogP contribution in [-0.2, 0) is 16.3 Å². The highest BCUT2D eigenvalue weighted by molar-refractivity contribution is 7.92. The van der Waals surface area contributed by atoms with Crippen molar-refractivity contribution in [3.8, 4) is 11.5 Å². The van der Waals surface area contributed by atoms with E-state index in [1.807, 2.05) is 0 Å². The molecular formula is C15H16N2O5S. The molecule has 0 bridgehead atoms. The summed E-state index contributed by atoms with van der Waals surface area (Å²) in [4.78, 5) is 17.0. The van der Waals surface area contributed by atoms with Crippen LogP contribution in [0, 0.1) is 0 Å². The molecule has 1 aromatic carbocycles. The zero-order valence-electron chi connectivity index (χ0n) is 12.4. The number of nitrogens with one attached hydrogen (secondary N) is 1. The van der Waals surface area contributed by atoms with Crippen molar-refractivity contribution in [2.75, 3.05) is 7.11 Å². The van der Waals surface area contributed by atoms with Crippen molar-refractivity contribution < 1.29 is 18.3 Å². The van der Waals surface area contributed by atoms with Crippen LogP contribution in [-0.4, -0.2) is 35.9 Å². The van der Waals surface area contributed by atoms with Crippen LogP contribution in [0.3, 0.4) is 0 Å². The summed E-state index contributed by atoms with van der Waals surface area (Å²) in [6.07, 6.45) is 2.26. The normalized spacial score (nSPS) is 12.6. The topological polar surface area (TPSA) is 109 Å². The number of benzene rings is 1. The Morgan fingerprint density at radius 1 is 1.39 bits per heavy atom. The van der Waals surface area contributed by atoms with Gasteiger partial charge in [0.1, 0.15) is 5.75 Å². The molecule has 2 rings (SSSR count). The zero-order valence-corrected chi connectivity index (χ0v) is 13.2. The van der Waals surface area contributed by atoms with Crippen molar-refractivity contribution in [2.24, 2.45) is 0 Å². The number of nitrogens with zero attached hydrogens (tertiary/aromatic N) is 1. The maximum Gasteiger partial charge on any atom is 0.293 e. The molecule has 2 aromatic rings. The van der Waals surface area contributed by atoms with Gasteiger partial charge in [0.05, 0.1) is 18.6 Å². The van der Waals surface area contributed by atoms with Gasteiger partial charge in [-0.25, -0.2) is 13.4 Å². The fourth-order valence-electron chi connectivity index (χ4n) is 1.97. The minimum atomic E-state index is -3.93. The van der Waals surface area contributed by atoms with E-state index in [1.165, 1.54) is 6.08 Å². The first-order valence-corrected chi connectivity index (χ1v) is 8.20.